The molecule has 2 N–H and O–H groups in total. The zero-order valence-electron chi connectivity index (χ0n) is 16.0. The van der Waals surface area contributed by atoms with Gasteiger partial charge in [-0.3, -0.25) is 9.59 Å². The lowest BCUT2D eigenvalue weighted by molar-refractivity contribution is 0.0945. The first-order valence-corrected chi connectivity index (χ1v) is 9.44. The summed E-state index contributed by atoms with van der Waals surface area (Å²) in [7, 11) is 0. The van der Waals surface area contributed by atoms with E-state index in [1.54, 1.807) is 0 Å². The highest BCUT2D eigenvalue weighted by Gasteiger charge is 2.26. The molecule has 7 nitrogen and oxygen atoms in total. The van der Waals surface area contributed by atoms with Crippen LogP contribution in [0.5, 0.6) is 0 Å². The van der Waals surface area contributed by atoms with Gasteiger partial charge in [-0.25, -0.2) is 9.97 Å². The van der Waals surface area contributed by atoms with E-state index in [1.807, 2.05) is 26.8 Å². The van der Waals surface area contributed by atoms with Crippen molar-refractivity contribution in [2.45, 2.75) is 53.1 Å². The van der Waals surface area contributed by atoms with Crippen LogP contribution in [0.1, 0.15) is 52.6 Å². The standard InChI is InChI=1S/C19H24ClN5O2/c1-10-8-11(2)22-17(26)14(10)9-21-18(27)15-13(4)16(24-19(20)23-15)25-7-5-6-12(25)3/h8,12H,5-7,9H2,1-4H3,(H,21,27)(H,22,26)/t12-/m0/s1. The van der Waals surface area contributed by atoms with Crippen molar-refractivity contribution in [1.82, 2.24) is 20.3 Å². The molecule has 8 heteroatoms. The van der Waals surface area contributed by atoms with Gasteiger partial charge in [0.1, 0.15) is 11.5 Å². The lowest BCUT2D eigenvalue weighted by atomic mass is 10.1. The monoisotopic (exact) mass is 389 g/mol. The first-order valence-electron chi connectivity index (χ1n) is 9.06. The van der Waals surface area contributed by atoms with E-state index < -0.39 is 0 Å². The van der Waals surface area contributed by atoms with Crippen molar-refractivity contribution in [3.63, 3.8) is 0 Å². The predicted molar refractivity (Wildman–Crippen MR) is 106 cm³/mol. The SMILES string of the molecule is Cc1cc(C)c(CNC(=O)c2nc(Cl)nc(N3CCC[C@@H]3C)c2C)c(=O)[nH]1. The van der Waals surface area contributed by atoms with E-state index in [1.165, 1.54) is 0 Å². The van der Waals surface area contributed by atoms with Crippen LogP contribution in [0.4, 0.5) is 5.82 Å². The molecule has 0 aromatic carbocycles. The number of carbonyl (C=O) groups excluding carboxylic acids is 1. The van der Waals surface area contributed by atoms with Gasteiger partial charge in [-0.15, -0.1) is 0 Å². The van der Waals surface area contributed by atoms with E-state index in [2.05, 4.69) is 32.1 Å². The fourth-order valence-electron chi connectivity index (χ4n) is 3.58. The molecule has 1 saturated heterocycles. The largest absolute Gasteiger partial charge is 0.354 e. The molecule has 2 aromatic heterocycles. The predicted octanol–water partition coefficient (Wildman–Crippen LogP) is 2.66. The van der Waals surface area contributed by atoms with Crippen LogP contribution >= 0.6 is 11.6 Å². The van der Waals surface area contributed by atoms with Crippen LogP contribution < -0.4 is 15.8 Å². The second-order valence-electron chi connectivity index (χ2n) is 7.10. The number of carbonyl (C=O) groups is 1. The third-order valence-corrected chi connectivity index (χ3v) is 5.22. The van der Waals surface area contributed by atoms with Crippen LogP contribution in [0.2, 0.25) is 5.28 Å². The minimum absolute atomic E-state index is 0.0456. The summed E-state index contributed by atoms with van der Waals surface area (Å²) in [6, 6.07) is 2.22. The number of rotatable bonds is 4. The minimum atomic E-state index is -0.371. The Hall–Kier alpha value is -2.41. The third-order valence-electron chi connectivity index (χ3n) is 5.05. The molecule has 1 aliphatic rings. The molecule has 1 aliphatic heterocycles. The van der Waals surface area contributed by atoms with E-state index >= 15 is 0 Å². The van der Waals surface area contributed by atoms with E-state index in [9.17, 15) is 9.59 Å². The van der Waals surface area contributed by atoms with Crippen molar-refractivity contribution in [1.29, 1.82) is 0 Å². The van der Waals surface area contributed by atoms with Crippen LogP contribution in [0.25, 0.3) is 0 Å². The van der Waals surface area contributed by atoms with Gasteiger partial charge in [0.15, 0.2) is 0 Å². The van der Waals surface area contributed by atoms with Gasteiger partial charge < -0.3 is 15.2 Å². The van der Waals surface area contributed by atoms with Crippen molar-refractivity contribution in [3.8, 4) is 0 Å². The van der Waals surface area contributed by atoms with Crippen LogP contribution in [0, 0.1) is 20.8 Å². The molecular weight excluding hydrogens is 366 g/mol. The second-order valence-corrected chi connectivity index (χ2v) is 7.44. The summed E-state index contributed by atoms with van der Waals surface area (Å²) >= 11 is 6.09. The molecule has 0 spiro atoms. The van der Waals surface area contributed by atoms with Crippen LogP contribution in [-0.2, 0) is 6.54 Å². The first kappa shape index (κ1) is 19.4. The number of anilines is 1. The average Bonchev–Trinajstić information content (AvgIpc) is 3.01. The molecule has 0 radical (unpaired) electrons. The third kappa shape index (κ3) is 3.98. The fourth-order valence-corrected chi connectivity index (χ4v) is 3.75. The van der Waals surface area contributed by atoms with Crippen molar-refractivity contribution in [2.75, 3.05) is 11.4 Å². The fraction of sp³-hybridized carbons (Fsp3) is 0.474. The number of halogens is 1. The maximum Gasteiger partial charge on any atom is 0.270 e. The number of nitrogens with one attached hydrogen (secondary N) is 2. The minimum Gasteiger partial charge on any atom is -0.354 e. The molecule has 1 amide bonds. The number of aromatic amines is 1. The number of hydrogen-bond acceptors (Lipinski definition) is 5. The summed E-state index contributed by atoms with van der Waals surface area (Å²) in [5.74, 6) is 0.332. The Labute approximate surface area is 163 Å². The van der Waals surface area contributed by atoms with Crippen LogP contribution in [0.15, 0.2) is 10.9 Å². The molecule has 3 heterocycles. The van der Waals surface area contributed by atoms with E-state index in [0.717, 1.165) is 30.6 Å². The molecule has 0 unspecified atom stereocenters. The second kappa shape index (κ2) is 7.68. The molecule has 27 heavy (non-hydrogen) atoms. The number of aryl methyl sites for hydroxylation is 2. The van der Waals surface area contributed by atoms with Crippen LogP contribution in [0.3, 0.4) is 0 Å². The number of H-pyrrole nitrogens is 1. The molecule has 1 atom stereocenters. The molecule has 0 aliphatic carbocycles. The molecule has 2 aromatic rings. The summed E-state index contributed by atoms with van der Waals surface area (Å²) in [6.45, 7) is 8.64. The van der Waals surface area contributed by atoms with E-state index in [4.69, 9.17) is 11.6 Å². The van der Waals surface area contributed by atoms with Gasteiger partial charge in [0.05, 0.1) is 0 Å². The van der Waals surface area contributed by atoms with E-state index in [0.29, 0.717) is 23.0 Å². The van der Waals surface area contributed by atoms with Crippen LogP contribution in [-0.4, -0.2) is 33.4 Å². The zero-order valence-corrected chi connectivity index (χ0v) is 16.8. The van der Waals surface area contributed by atoms with Gasteiger partial charge in [0.25, 0.3) is 11.5 Å². The summed E-state index contributed by atoms with van der Waals surface area (Å²) in [5, 5.41) is 2.83. The quantitative estimate of drug-likeness (QED) is 0.784. The molecule has 144 valence electrons. The molecule has 0 saturated carbocycles. The Balaban J connectivity index is 1.85. The summed E-state index contributed by atoms with van der Waals surface area (Å²) in [6.07, 6.45) is 2.16. The van der Waals surface area contributed by atoms with Crippen molar-refractivity contribution < 1.29 is 4.79 Å². The molecular formula is C19H24ClN5O2. The number of nitrogens with zero attached hydrogens (tertiary/aromatic N) is 3. The summed E-state index contributed by atoms with van der Waals surface area (Å²) in [4.78, 5) is 38.3. The Bertz CT molecular complexity index is 940. The zero-order chi connectivity index (χ0) is 19.7. The van der Waals surface area contributed by atoms with Gasteiger partial charge >= 0.3 is 0 Å². The van der Waals surface area contributed by atoms with Gasteiger partial charge in [0, 0.05) is 36.0 Å². The number of pyridine rings is 1. The average molecular weight is 390 g/mol. The van der Waals surface area contributed by atoms with Gasteiger partial charge in [-0.1, -0.05) is 0 Å². The normalized spacial score (nSPS) is 16.6. The topological polar surface area (TPSA) is 91.0 Å². The lowest BCUT2D eigenvalue weighted by Crippen LogP contribution is -2.32. The summed E-state index contributed by atoms with van der Waals surface area (Å²) < 4.78 is 0. The first-order chi connectivity index (χ1) is 12.8. The van der Waals surface area contributed by atoms with Crippen molar-refractivity contribution in [2.24, 2.45) is 0 Å². The molecule has 3 rings (SSSR count). The highest BCUT2D eigenvalue weighted by Crippen LogP contribution is 2.28. The number of amides is 1. The number of aromatic nitrogens is 3. The Kier molecular flexibility index (Phi) is 5.51. The van der Waals surface area contributed by atoms with Gasteiger partial charge in [-0.2, -0.15) is 0 Å². The molecule has 0 bridgehead atoms. The Morgan fingerprint density at radius 2 is 2.11 bits per heavy atom. The van der Waals surface area contributed by atoms with Gasteiger partial charge in [0.2, 0.25) is 5.28 Å². The van der Waals surface area contributed by atoms with Gasteiger partial charge in [-0.05, 0) is 63.8 Å². The Morgan fingerprint density at radius 1 is 1.37 bits per heavy atom. The molecule has 1 fully saturated rings. The van der Waals surface area contributed by atoms with Crippen molar-refractivity contribution in [3.05, 3.63) is 49.8 Å². The lowest BCUT2D eigenvalue weighted by Gasteiger charge is -2.25. The summed E-state index contributed by atoms with van der Waals surface area (Å²) in [5.41, 5.74) is 2.89. The number of hydrogen-bond donors (Lipinski definition) is 2. The highest BCUT2D eigenvalue weighted by molar-refractivity contribution is 6.28. The Morgan fingerprint density at radius 3 is 2.74 bits per heavy atom. The highest BCUT2D eigenvalue weighted by atomic mass is 35.5. The maximum atomic E-state index is 12.7. The maximum absolute atomic E-state index is 12.7. The van der Waals surface area contributed by atoms with E-state index in [-0.39, 0.29) is 29.0 Å². The van der Waals surface area contributed by atoms with Crippen molar-refractivity contribution >= 4 is 23.3 Å². The smallest absolute Gasteiger partial charge is 0.270 e.